The number of rotatable bonds is 5. The van der Waals surface area contributed by atoms with E-state index < -0.39 is 0 Å². The van der Waals surface area contributed by atoms with E-state index in [9.17, 15) is 4.79 Å². The molecule has 0 spiro atoms. The summed E-state index contributed by atoms with van der Waals surface area (Å²) in [6.45, 7) is 2.53. The summed E-state index contributed by atoms with van der Waals surface area (Å²) < 4.78 is 5.33. The molecule has 0 saturated heterocycles. The lowest BCUT2D eigenvalue weighted by Crippen LogP contribution is -2.14. The predicted octanol–water partition coefficient (Wildman–Crippen LogP) is 2.02. The molecular weight excluding hydrogens is 256 g/mol. The Labute approximate surface area is 116 Å². The fraction of sp³-hybridized carbons (Fsp3) is 0.143. The Bertz CT molecular complexity index is 567. The van der Waals surface area contributed by atoms with Gasteiger partial charge in [0, 0.05) is 5.69 Å². The van der Waals surface area contributed by atoms with Gasteiger partial charge in [-0.05, 0) is 43.3 Å². The van der Waals surface area contributed by atoms with Gasteiger partial charge in [0.2, 0.25) is 0 Å². The van der Waals surface area contributed by atoms with Crippen LogP contribution in [0, 0.1) is 0 Å². The van der Waals surface area contributed by atoms with Crippen LogP contribution in [0.1, 0.15) is 17.4 Å². The molecule has 0 unspecified atom stereocenters. The number of hydrogen-bond donors (Lipinski definition) is 3. The summed E-state index contributed by atoms with van der Waals surface area (Å²) in [5, 5.41) is 2.76. The number of nitrogen functional groups attached to an aromatic ring is 1. The molecule has 104 valence electrons. The average Bonchev–Trinajstić information content (AvgIpc) is 2.49. The molecule has 0 radical (unpaired) electrons. The summed E-state index contributed by atoms with van der Waals surface area (Å²) in [6.07, 6.45) is 1.49. The van der Waals surface area contributed by atoms with Gasteiger partial charge in [0.1, 0.15) is 11.4 Å². The molecule has 0 saturated carbocycles. The quantitative estimate of drug-likeness (QED) is 0.572. The Morgan fingerprint density at radius 2 is 1.90 bits per heavy atom. The number of amides is 1. The first-order chi connectivity index (χ1) is 9.72. The second kappa shape index (κ2) is 6.53. The molecule has 0 aliphatic rings. The zero-order chi connectivity index (χ0) is 14.4. The monoisotopic (exact) mass is 272 g/mol. The number of anilines is 2. The van der Waals surface area contributed by atoms with Crippen molar-refractivity contribution in [2.45, 2.75) is 6.92 Å². The fourth-order valence-electron chi connectivity index (χ4n) is 1.61. The Kier molecular flexibility index (Phi) is 4.52. The molecule has 1 heterocycles. The van der Waals surface area contributed by atoms with Gasteiger partial charge >= 0.3 is 0 Å². The van der Waals surface area contributed by atoms with Crippen molar-refractivity contribution in [1.82, 2.24) is 4.98 Å². The van der Waals surface area contributed by atoms with Crippen LogP contribution >= 0.6 is 0 Å². The normalized spacial score (nSPS) is 9.90. The minimum absolute atomic E-state index is 0.280. The lowest BCUT2D eigenvalue weighted by atomic mass is 10.2. The van der Waals surface area contributed by atoms with Crippen LogP contribution in [-0.2, 0) is 0 Å². The summed E-state index contributed by atoms with van der Waals surface area (Å²) in [6, 6.07) is 10.4. The van der Waals surface area contributed by atoms with Crippen molar-refractivity contribution >= 4 is 17.3 Å². The Morgan fingerprint density at radius 1 is 1.20 bits per heavy atom. The molecular formula is C14H16N4O2. The van der Waals surface area contributed by atoms with Crippen LogP contribution < -0.4 is 21.3 Å². The van der Waals surface area contributed by atoms with Crippen LogP contribution in [0.5, 0.6) is 5.75 Å². The summed E-state index contributed by atoms with van der Waals surface area (Å²) in [5.41, 5.74) is 4.09. The third-order valence-electron chi connectivity index (χ3n) is 2.59. The zero-order valence-corrected chi connectivity index (χ0v) is 11.1. The molecule has 0 fully saturated rings. The molecule has 6 nitrogen and oxygen atoms in total. The lowest BCUT2D eigenvalue weighted by molar-refractivity contribution is 0.102. The average molecular weight is 272 g/mol. The standard InChI is InChI=1S/C14H16N4O2/c1-2-20-12-6-3-10(4-7-12)17-14(19)13-8-5-11(18-15)9-16-13/h3-9,18H,2,15H2,1H3,(H,17,19). The molecule has 0 atom stereocenters. The number of nitrogens with zero attached hydrogens (tertiary/aromatic N) is 1. The maximum absolute atomic E-state index is 12.0. The van der Waals surface area contributed by atoms with Crippen LogP contribution in [0.25, 0.3) is 0 Å². The molecule has 0 aliphatic heterocycles. The van der Waals surface area contributed by atoms with Crippen LogP contribution in [0.15, 0.2) is 42.6 Å². The second-order valence-electron chi connectivity index (χ2n) is 3.99. The number of hydrazine groups is 1. The van der Waals surface area contributed by atoms with Crippen molar-refractivity contribution in [1.29, 1.82) is 0 Å². The Morgan fingerprint density at radius 3 is 2.45 bits per heavy atom. The third-order valence-corrected chi connectivity index (χ3v) is 2.59. The number of benzene rings is 1. The van der Waals surface area contributed by atoms with Gasteiger partial charge in [-0.2, -0.15) is 0 Å². The SMILES string of the molecule is CCOc1ccc(NC(=O)c2ccc(NN)cn2)cc1. The highest BCUT2D eigenvalue weighted by atomic mass is 16.5. The van der Waals surface area contributed by atoms with Gasteiger partial charge < -0.3 is 15.5 Å². The first-order valence-corrected chi connectivity index (χ1v) is 6.20. The van der Waals surface area contributed by atoms with E-state index in [1.54, 1.807) is 36.4 Å². The van der Waals surface area contributed by atoms with E-state index in [-0.39, 0.29) is 5.91 Å². The number of pyridine rings is 1. The number of hydrogen-bond acceptors (Lipinski definition) is 5. The molecule has 6 heteroatoms. The highest BCUT2D eigenvalue weighted by Crippen LogP contribution is 2.16. The van der Waals surface area contributed by atoms with Crippen LogP contribution in [0.3, 0.4) is 0 Å². The highest BCUT2D eigenvalue weighted by Gasteiger charge is 2.07. The van der Waals surface area contributed by atoms with Gasteiger partial charge in [-0.15, -0.1) is 0 Å². The van der Waals surface area contributed by atoms with E-state index in [4.69, 9.17) is 10.6 Å². The van der Waals surface area contributed by atoms with Crippen molar-refractivity contribution in [3.05, 3.63) is 48.3 Å². The Hall–Kier alpha value is -2.60. The van der Waals surface area contributed by atoms with Crippen molar-refractivity contribution < 1.29 is 9.53 Å². The van der Waals surface area contributed by atoms with Crippen LogP contribution in [0.4, 0.5) is 11.4 Å². The topological polar surface area (TPSA) is 89.3 Å². The van der Waals surface area contributed by atoms with Gasteiger partial charge in [-0.1, -0.05) is 0 Å². The Balaban J connectivity index is 2.02. The molecule has 2 aromatic rings. The highest BCUT2D eigenvalue weighted by molar-refractivity contribution is 6.02. The molecule has 1 aromatic carbocycles. The van der Waals surface area contributed by atoms with E-state index in [0.717, 1.165) is 5.75 Å². The second-order valence-corrected chi connectivity index (χ2v) is 3.99. The van der Waals surface area contributed by atoms with Gasteiger partial charge in [0.15, 0.2) is 0 Å². The maximum atomic E-state index is 12.0. The number of nitrogens with two attached hydrogens (primary N) is 1. The summed E-state index contributed by atoms with van der Waals surface area (Å²) >= 11 is 0. The fourth-order valence-corrected chi connectivity index (χ4v) is 1.61. The number of nitrogens with one attached hydrogen (secondary N) is 2. The van der Waals surface area contributed by atoms with Gasteiger partial charge in [0.25, 0.3) is 5.91 Å². The molecule has 4 N–H and O–H groups in total. The van der Waals surface area contributed by atoms with E-state index in [1.807, 2.05) is 6.92 Å². The van der Waals surface area contributed by atoms with Crippen molar-refractivity contribution in [2.75, 3.05) is 17.3 Å². The minimum Gasteiger partial charge on any atom is -0.494 e. The van der Waals surface area contributed by atoms with Gasteiger partial charge in [0.05, 0.1) is 18.5 Å². The molecule has 0 aliphatic carbocycles. The van der Waals surface area contributed by atoms with Gasteiger partial charge in [-0.25, -0.2) is 4.98 Å². The molecule has 2 rings (SSSR count). The van der Waals surface area contributed by atoms with E-state index in [2.05, 4.69) is 15.7 Å². The molecule has 1 aromatic heterocycles. The molecule has 1 amide bonds. The van der Waals surface area contributed by atoms with Crippen molar-refractivity contribution in [2.24, 2.45) is 5.84 Å². The van der Waals surface area contributed by atoms with E-state index in [1.165, 1.54) is 6.20 Å². The summed E-state index contributed by atoms with van der Waals surface area (Å²) in [7, 11) is 0. The molecule has 20 heavy (non-hydrogen) atoms. The minimum atomic E-state index is -0.280. The number of carbonyl (C=O) groups is 1. The smallest absolute Gasteiger partial charge is 0.274 e. The van der Waals surface area contributed by atoms with Crippen molar-refractivity contribution in [3.63, 3.8) is 0 Å². The first-order valence-electron chi connectivity index (χ1n) is 6.20. The zero-order valence-electron chi connectivity index (χ0n) is 11.1. The predicted molar refractivity (Wildman–Crippen MR) is 77.6 cm³/mol. The maximum Gasteiger partial charge on any atom is 0.274 e. The lowest BCUT2D eigenvalue weighted by Gasteiger charge is -2.07. The largest absolute Gasteiger partial charge is 0.494 e. The van der Waals surface area contributed by atoms with Crippen LogP contribution in [-0.4, -0.2) is 17.5 Å². The number of ether oxygens (including phenoxy) is 1. The van der Waals surface area contributed by atoms with Crippen molar-refractivity contribution in [3.8, 4) is 5.75 Å². The number of carbonyl (C=O) groups excluding carboxylic acids is 1. The van der Waals surface area contributed by atoms with Crippen LogP contribution in [0.2, 0.25) is 0 Å². The van der Waals surface area contributed by atoms with Gasteiger partial charge in [-0.3, -0.25) is 10.6 Å². The molecule has 0 bridgehead atoms. The number of aromatic nitrogens is 1. The first kappa shape index (κ1) is 13.8. The summed E-state index contributed by atoms with van der Waals surface area (Å²) in [4.78, 5) is 16.0. The van der Waals surface area contributed by atoms with E-state index >= 15 is 0 Å². The van der Waals surface area contributed by atoms with E-state index in [0.29, 0.717) is 23.7 Å². The summed E-state index contributed by atoms with van der Waals surface area (Å²) in [5.74, 6) is 5.72. The third kappa shape index (κ3) is 3.46.